The van der Waals surface area contributed by atoms with Gasteiger partial charge in [0.05, 0.1) is 6.04 Å². The van der Waals surface area contributed by atoms with E-state index in [1.54, 1.807) is 0 Å². The molecule has 0 heterocycles. The van der Waals surface area contributed by atoms with Gasteiger partial charge in [0.15, 0.2) is 11.6 Å². The SMILES string of the molecule is CCNC(c1ccccc1C)c1cc(F)c(F)cc1Cl. The molecule has 0 bridgehead atoms. The predicted octanol–water partition coefficient (Wildman–Crippen LogP) is 4.63. The highest BCUT2D eigenvalue weighted by atomic mass is 35.5. The van der Waals surface area contributed by atoms with Gasteiger partial charge in [0, 0.05) is 5.02 Å². The molecule has 0 spiro atoms. The molecule has 1 unspecified atom stereocenters. The van der Waals surface area contributed by atoms with E-state index in [2.05, 4.69) is 5.32 Å². The summed E-state index contributed by atoms with van der Waals surface area (Å²) >= 11 is 6.09. The summed E-state index contributed by atoms with van der Waals surface area (Å²) in [6, 6.07) is 9.72. The second-order valence-corrected chi connectivity index (χ2v) is 5.04. The summed E-state index contributed by atoms with van der Waals surface area (Å²) in [7, 11) is 0. The summed E-state index contributed by atoms with van der Waals surface area (Å²) < 4.78 is 26.7. The van der Waals surface area contributed by atoms with Crippen LogP contribution < -0.4 is 5.32 Å². The highest BCUT2D eigenvalue weighted by molar-refractivity contribution is 6.31. The molecule has 0 amide bonds. The molecule has 0 aliphatic heterocycles. The van der Waals surface area contributed by atoms with E-state index in [-0.39, 0.29) is 11.1 Å². The zero-order valence-corrected chi connectivity index (χ0v) is 12.1. The van der Waals surface area contributed by atoms with Gasteiger partial charge < -0.3 is 5.32 Å². The number of rotatable bonds is 4. The third-order valence-corrected chi connectivity index (χ3v) is 3.59. The molecular weight excluding hydrogens is 280 g/mol. The minimum atomic E-state index is -0.932. The van der Waals surface area contributed by atoms with Crippen LogP contribution in [0.1, 0.15) is 29.7 Å². The normalized spacial score (nSPS) is 12.4. The molecule has 106 valence electrons. The lowest BCUT2D eigenvalue weighted by Gasteiger charge is -2.22. The average molecular weight is 296 g/mol. The number of halogens is 3. The van der Waals surface area contributed by atoms with Crippen LogP contribution in [0.4, 0.5) is 8.78 Å². The van der Waals surface area contributed by atoms with E-state index in [0.717, 1.165) is 23.3 Å². The van der Waals surface area contributed by atoms with Gasteiger partial charge in [-0.05, 0) is 42.3 Å². The van der Waals surface area contributed by atoms with Crippen LogP contribution in [0, 0.1) is 18.6 Å². The maximum Gasteiger partial charge on any atom is 0.160 e. The lowest BCUT2D eigenvalue weighted by Crippen LogP contribution is -2.23. The van der Waals surface area contributed by atoms with Crippen molar-refractivity contribution in [1.82, 2.24) is 5.32 Å². The largest absolute Gasteiger partial charge is 0.306 e. The quantitative estimate of drug-likeness (QED) is 0.811. The molecule has 0 aliphatic carbocycles. The highest BCUT2D eigenvalue weighted by Crippen LogP contribution is 2.31. The molecule has 0 saturated carbocycles. The molecule has 2 aromatic rings. The zero-order valence-electron chi connectivity index (χ0n) is 11.4. The third kappa shape index (κ3) is 3.00. The topological polar surface area (TPSA) is 12.0 Å². The number of hydrogen-bond donors (Lipinski definition) is 1. The van der Waals surface area contributed by atoms with E-state index in [0.29, 0.717) is 12.1 Å². The standard InChI is InChI=1S/C16H16ClF2N/c1-3-20-16(11-7-5-4-6-10(11)2)12-8-14(18)15(19)9-13(12)17/h4-9,16,20H,3H2,1-2H3. The van der Waals surface area contributed by atoms with Crippen molar-refractivity contribution in [3.05, 3.63) is 69.7 Å². The smallest absolute Gasteiger partial charge is 0.160 e. The fourth-order valence-corrected chi connectivity index (χ4v) is 2.52. The Balaban J connectivity index is 2.54. The molecular formula is C16H16ClF2N. The van der Waals surface area contributed by atoms with Gasteiger partial charge in [0.25, 0.3) is 0 Å². The van der Waals surface area contributed by atoms with Crippen molar-refractivity contribution in [1.29, 1.82) is 0 Å². The average Bonchev–Trinajstić information content (AvgIpc) is 2.42. The molecule has 1 nitrogen and oxygen atoms in total. The van der Waals surface area contributed by atoms with Gasteiger partial charge in [0.2, 0.25) is 0 Å². The molecule has 0 radical (unpaired) electrons. The van der Waals surface area contributed by atoms with Crippen LogP contribution in [0.25, 0.3) is 0 Å². The third-order valence-electron chi connectivity index (χ3n) is 3.26. The van der Waals surface area contributed by atoms with Crippen molar-refractivity contribution in [2.75, 3.05) is 6.54 Å². The molecule has 1 atom stereocenters. The van der Waals surface area contributed by atoms with E-state index in [1.165, 1.54) is 0 Å². The Morgan fingerprint density at radius 2 is 1.75 bits per heavy atom. The van der Waals surface area contributed by atoms with Crippen LogP contribution in [0.3, 0.4) is 0 Å². The summed E-state index contributed by atoms with van der Waals surface area (Å²) in [6.07, 6.45) is 0. The van der Waals surface area contributed by atoms with Crippen molar-refractivity contribution < 1.29 is 8.78 Å². The van der Waals surface area contributed by atoms with Crippen molar-refractivity contribution in [3.63, 3.8) is 0 Å². The van der Waals surface area contributed by atoms with Crippen LogP contribution in [-0.4, -0.2) is 6.54 Å². The van der Waals surface area contributed by atoms with Crippen molar-refractivity contribution in [2.24, 2.45) is 0 Å². The Hall–Kier alpha value is -1.45. The predicted molar refractivity (Wildman–Crippen MR) is 78.1 cm³/mol. The molecule has 2 rings (SSSR count). The number of hydrogen-bond acceptors (Lipinski definition) is 1. The maximum absolute atomic E-state index is 13.5. The molecule has 0 aliphatic rings. The second-order valence-electron chi connectivity index (χ2n) is 4.64. The summed E-state index contributed by atoms with van der Waals surface area (Å²) in [6.45, 7) is 4.63. The van der Waals surface area contributed by atoms with Gasteiger partial charge in [0.1, 0.15) is 0 Å². The van der Waals surface area contributed by atoms with Gasteiger partial charge in [-0.1, -0.05) is 42.8 Å². The number of aryl methyl sites for hydroxylation is 1. The van der Waals surface area contributed by atoms with E-state index >= 15 is 0 Å². The Labute approximate surface area is 122 Å². The zero-order chi connectivity index (χ0) is 14.7. The number of nitrogens with one attached hydrogen (secondary N) is 1. The van der Waals surface area contributed by atoms with Crippen LogP contribution in [0.5, 0.6) is 0 Å². The molecule has 1 N–H and O–H groups in total. The van der Waals surface area contributed by atoms with Gasteiger partial charge in [-0.3, -0.25) is 0 Å². The first-order chi connectivity index (χ1) is 9.54. The van der Waals surface area contributed by atoms with Crippen LogP contribution in [-0.2, 0) is 0 Å². The fourth-order valence-electron chi connectivity index (χ4n) is 2.26. The van der Waals surface area contributed by atoms with E-state index < -0.39 is 11.6 Å². The van der Waals surface area contributed by atoms with Crippen LogP contribution in [0.2, 0.25) is 5.02 Å². The minimum Gasteiger partial charge on any atom is -0.306 e. The van der Waals surface area contributed by atoms with Crippen molar-refractivity contribution >= 4 is 11.6 Å². The lowest BCUT2D eigenvalue weighted by atomic mass is 9.94. The Morgan fingerprint density at radius 3 is 2.40 bits per heavy atom. The van der Waals surface area contributed by atoms with Crippen molar-refractivity contribution in [3.8, 4) is 0 Å². The molecule has 4 heteroatoms. The Morgan fingerprint density at radius 1 is 1.10 bits per heavy atom. The Bertz CT molecular complexity index is 613. The van der Waals surface area contributed by atoms with Gasteiger partial charge in [-0.2, -0.15) is 0 Å². The second kappa shape index (κ2) is 6.33. The molecule has 20 heavy (non-hydrogen) atoms. The highest BCUT2D eigenvalue weighted by Gasteiger charge is 2.20. The summed E-state index contributed by atoms with van der Waals surface area (Å²) in [5.74, 6) is -1.82. The van der Waals surface area contributed by atoms with Gasteiger partial charge in [-0.15, -0.1) is 0 Å². The minimum absolute atomic E-state index is 0.220. The first-order valence-electron chi connectivity index (χ1n) is 6.48. The summed E-state index contributed by atoms with van der Waals surface area (Å²) in [5, 5.41) is 3.49. The van der Waals surface area contributed by atoms with E-state index in [1.807, 2.05) is 38.1 Å². The first-order valence-corrected chi connectivity index (χ1v) is 6.85. The lowest BCUT2D eigenvalue weighted by molar-refractivity contribution is 0.504. The van der Waals surface area contributed by atoms with Crippen molar-refractivity contribution in [2.45, 2.75) is 19.9 Å². The molecule has 0 fully saturated rings. The van der Waals surface area contributed by atoms with E-state index in [9.17, 15) is 8.78 Å². The van der Waals surface area contributed by atoms with E-state index in [4.69, 9.17) is 11.6 Å². The molecule has 0 saturated heterocycles. The first kappa shape index (κ1) is 14.9. The monoisotopic (exact) mass is 295 g/mol. The fraction of sp³-hybridized carbons (Fsp3) is 0.250. The molecule has 0 aromatic heterocycles. The Kier molecular flexibility index (Phi) is 4.73. The summed E-state index contributed by atoms with van der Waals surface area (Å²) in [5.41, 5.74) is 2.61. The van der Waals surface area contributed by atoms with Gasteiger partial charge >= 0.3 is 0 Å². The number of benzene rings is 2. The van der Waals surface area contributed by atoms with Gasteiger partial charge in [-0.25, -0.2) is 8.78 Å². The molecule has 2 aromatic carbocycles. The van der Waals surface area contributed by atoms with Crippen LogP contribution in [0.15, 0.2) is 36.4 Å². The maximum atomic E-state index is 13.5. The summed E-state index contributed by atoms with van der Waals surface area (Å²) in [4.78, 5) is 0. The van der Waals surface area contributed by atoms with Crippen LogP contribution >= 0.6 is 11.6 Å².